The summed E-state index contributed by atoms with van der Waals surface area (Å²) in [7, 11) is 0. The van der Waals surface area contributed by atoms with E-state index in [0.717, 1.165) is 38.8 Å². The van der Waals surface area contributed by atoms with E-state index < -0.39 is 5.97 Å². The Morgan fingerprint density at radius 3 is 2.71 bits per heavy atom. The Labute approximate surface area is 127 Å². The molecule has 0 heterocycles. The summed E-state index contributed by atoms with van der Waals surface area (Å²) in [5.41, 5.74) is 1.38. The molecule has 0 amide bonds. The van der Waals surface area contributed by atoms with Gasteiger partial charge in [0.05, 0.1) is 5.92 Å². The van der Waals surface area contributed by atoms with Crippen LogP contribution in [0.4, 0.5) is 0 Å². The molecular weight excluding hydrogens is 262 g/mol. The van der Waals surface area contributed by atoms with Gasteiger partial charge in [0.1, 0.15) is 0 Å². The van der Waals surface area contributed by atoms with Crippen molar-refractivity contribution in [1.29, 1.82) is 0 Å². The van der Waals surface area contributed by atoms with E-state index >= 15 is 0 Å². The molecule has 0 aliphatic heterocycles. The molecule has 3 atom stereocenters. The first kappa shape index (κ1) is 16.0. The summed E-state index contributed by atoms with van der Waals surface area (Å²) in [6.45, 7) is 4.05. The van der Waals surface area contributed by atoms with Crippen LogP contribution in [-0.2, 0) is 4.79 Å². The Hall–Kier alpha value is -1.35. The minimum atomic E-state index is -0.612. The number of benzene rings is 1. The molecule has 1 aliphatic carbocycles. The summed E-state index contributed by atoms with van der Waals surface area (Å²) >= 11 is 0. The van der Waals surface area contributed by atoms with E-state index in [0.29, 0.717) is 11.8 Å². The van der Waals surface area contributed by atoms with Gasteiger partial charge in [-0.3, -0.25) is 4.79 Å². The van der Waals surface area contributed by atoms with Gasteiger partial charge in [-0.15, -0.1) is 0 Å². The van der Waals surface area contributed by atoms with E-state index in [2.05, 4.69) is 36.5 Å². The molecule has 3 unspecified atom stereocenters. The molecule has 0 radical (unpaired) electrons. The van der Waals surface area contributed by atoms with Crippen LogP contribution < -0.4 is 5.32 Å². The van der Waals surface area contributed by atoms with E-state index in [1.165, 1.54) is 12.0 Å². The van der Waals surface area contributed by atoms with Crippen LogP contribution in [0.2, 0.25) is 0 Å². The topological polar surface area (TPSA) is 49.3 Å². The summed E-state index contributed by atoms with van der Waals surface area (Å²) in [5, 5.41) is 12.8. The van der Waals surface area contributed by atoms with Crippen LogP contribution in [0.1, 0.15) is 50.5 Å². The van der Waals surface area contributed by atoms with Gasteiger partial charge in [-0.05, 0) is 49.8 Å². The maximum atomic E-state index is 11.3. The molecule has 2 rings (SSSR count). The van der Waals surface area contributed by atoms with Gasteiger partial charge >= 0.3 is 5.97 Å². The van der Waals surface area contributed by atoms with Crippen molar-refractivity contribution < 1.29 is 9.90 Å². The predicted octanol–water partition coefficient (Wildman–Crippen LogP) is 3.66. The van der Waals surface area contributed by atoms with E-state index in [9.17, 15) is 9.90 Å². The molecule has 1 aromatic rings. The minimum absolute atomic E-state index is 0.141. The molecule has 2 N–H and O–H groups in total. The highest BCUT2D eigenvalue weighted by Crippen LogP contribution is 2.29. The maximum absolute atomic E-state index is 11.3. The Balaban J connectivity index is 1.70. The second-order valence-electron chi connectivity index (χ2n) is 6.29. The van der Waals surface area contributed by atoms with Gasteiger partial charge < -0.3 is 10.4 Å². The fourth-order valence-corrected chi connectivity index (χ4v) is 3.33. The molecule has 116 valence electrons. The highest BCUT2D eigenvalue weighted by atomic mass is 16.4. The van der Waals surface area contributed by atoms with Crippen LogP contribution in [0.15, 0.2) is 30.3 Å². The fourth-order valence-electron chi connectivity index (χ4n) is 3.33. The molecule has 0 bridgehead atoms. The average molecular weight is 289 g/mol. The normalized spacial score (nSPS) is 23.7. The number of carbonyl (C=O) groups is 1. The summed E-state index contributed by atoms with van der Waals surface area (Å²) < 4.78 is 0. The second-order valence-corrected chi connectivity index (χ2v) is 6.29. The van der Waals surface area contributed by atoms with Crippen LogP contribution in [0, 0.1) is 11.8 Å². The smallest absolute Gasteiger partial charge is 0.306 e. The van der Waals surface area contributed by atoms with Crippen LogP contribution in [0.25, 0.3) is 0 Å². The van der Waals surface area contributed by atoms with Crippen molar-refractivity contribution >= 4 is 5.97 Å². The van der Waals surface area contributed by atoms with Crippen LogP contribution in [0.3, 0.4) is 0 Å². The number of carboxylic acid groups (broad SMARTS) is 1. The first-order chi connectivity index (χ1) is 10.2. The minimum Gasteiger partial charge on any atom is -0.481 e. The van der Waals surface area contributed by atoms with Crippen molar-refractivity contribution in [2.45, 2.75) is 44.9 Å². The van der Waals surface area contributed by atoms with Crippen molar-refractivity contribution in [3.63, 3.8) is 0 Å². The molecule has 0 spiro atoms. The summed E-state index contributed by atoms with van der Waals surface area (Å²) in [4.78, 5) is 11.3. The molecule has 3 nitrogen and oxygen atoms in total. The third kappa shape index (κ3) is 4.85. The lowest BCUT2D eigenvalue weighted by atomic mass is 9.79. The van der Waals surface area contributed by atoms with Crippen molar-refractivity contribution in [2.24, 2.45) is 11.8 Å². The molecule has 1 saturated carbocycles. The molecule has 1 fully saturated rings. The van der Waals surface area contributed by atoms with Crippen molar-refractivity contribution in [1.82, 2.24) is 5.32 Å². The number of aliphatic carboxylic acids is 1. The molecule has 0 aromatic heterocycles. The average Bonchev–Trinajstić information content (AvgIpc) is 2.52. The maximum Gasteiger partial charge on any atom is 0.306 e. The highest BCUT2D eigenvalue weighted by Gasteiger charge is 2.30. The molecular formula is C18H27NO2. The van der Waals surface area contributed by atoms with Crippen LogP contribution in [0.5, 0.6) is 0 Å². The van der Waals surface area contributed by atoms with Gasteiger partial charge in [-0.25, -0.2) is 0 Å². The first-order valence-electron chi connectivity index (χ1n) is 8.17. The van der Waals surface area contributed by atoms with Crippen molar-refractivity contribution in [2.75, 3.05) is 13.1 Å². The van der Waals surface area contributed by atoms with Crippen LogP contribution in [-0.4, -0.2) is 24.2 Å². The molecule has 3 heteroatoms. The lowest BCUT2D eigenvalue weighted by molar-refractivity contribution is -0.144. The SMILES string of the molecule is CC(CCNCC1CCCCC1C(=O)O)c1ccccc1. The Bertz CT molecular complexity index is 432. The van der Waals surface area contributed by atoms with E-state index in [-0.39, 0.29) is 5.92 Å². The van der Waals surface area contributed by atoms with Crippen molar-refractivity contribution in [3.05, 3.63) is 35.9 Å². The van der Waals surface area contributed by atoms with Gasteiger partial charge in [-0.2, -0.15) is 0 Å². The molecule has 1 aliphatic rings. The lowest BCUT2D eigenvalue weighted by Gasteiger charge is -2.28. The van der Waals surface area contributed by atoms with Crippen LogP contribution >= 0.6 is 0 Å². The zero-order valence-electron chi connectivity index (χ0n) is 12.9. The summed E-state index contributed by atoms with van der Waals surface area (Å²) in [6, 6.07) is 10.6. The standard InChI is InChI=1S/C18H27NO2/c1-14(15-7-3-2-4-8-15)11-12-19-13-16-9-5-6-10-17(16)18(20)21/h2-4,7-8,14,16-17,19H,5-6,9-13H2,1H3,(H,20,21). The Morgan fingerprint density at radius 2 is 2.00 bits per heavy atom. The summed E-state index contributed by atoms with van der Waals surface area (Å²) in [6.07, 6.45) is 5.24. The number of carboxylic acids is 1. The van der Waals surface area contributed by atoms with Gasteiger partial charge in [0.2, 0.25) is 0 Å². The molecule has 0 saturated heterocycles. The number of rotatable bonds is 7. The van der Waals surface area contributed by atoms with Gasteiger partial charge in [0.25, 0.3) is 0 Å². The first-order valence-corrected chi connectivity index (χ1v) is 8.17. The van der Waals surface area contributed by atoms with E-state index in [1.54, 1.807) is 0 Å². The van der Waals surface area contributed by atoms with E-state index in [4.69, 9.17) is 0 Å². The third-order valence-electron chi connectivity index (χ3n) is 4.76. The second kappa shape index (κ2) is 8.18. The molecule has 21 heavy (non-hydrogen) atoms. The lowest BCUT2D eigenvalue weighted by Crippen LogP contribution is -2.35. The predicted molar refractivity (Wildman–Crippen MR) is 85.4 cm³/mol. The highest BCUT2D eigenvalue weighted by molar-refractivity contribution is 5.70. The number of nitrogens with one attached hydrogen (secondary N) is 1. The quantitative estimate of drug-likeness (QED) is 0.753. The third-order valence-corrected chi connectivity index (χ3v) is 4.76. The van der Waals surface area contributed by atoms with Gasteiger partial charge in [0.15, 0.2) is 0 Å². The molecule has 1 aromatic carbocycles. The van der Waals surface area contributed by atoms with E-state index in [1.807, 2.05) is 6.07 Å². The van der Waals surface area contributed by atoms with Crippen molar-refractivity contribution in [3.8, 4) is 0 Å². The fraction of sp³-hybridized carbons (Fsp3) is 0.611. The number of hydrogen-bond acceptors (Lipinski definition) is 2. The Kier molecular flexibility index (Phi) is 6.24. The Morgan fingerprint density at radius 1 is 1.29 bits per heavy atom. The zero-order chi connectivity index (χ0) is 15.1. The largest absolute Gasteiger partial charge is 0.481 e. The van der Waals surface area contributed by atoms with Gasteiger partial charge in [0, 0.05) is 0 Å². The zero-order valence-corrected chi connectivity index (χ0v) is 12.9. The summed E-state index contributed by atoms with van der Waals surface area (Å²) in [5.74, 6) is 0.0977. The number of hydrogen-bond donors (Lipinski definition) is 2. The monoisotopic (exact) mass is 289 g/mol. The van der Waals surface area contributed by atoms with Gasteiger partial charge in [-0.1, -0.05) is 50.1 Å².